The monoisotopic (exact) mass is 241 g/mol. The van der Waals surface area contributed by atoms with Crippen LogP contribution in [-0.2, 0) is 9.05 Å². The van der Waals surface area contributed by atoms with Gasteiger partial charge in [-0.2, -0.15) is 0 Å². The smallest absolute Gasteiger partial charge is 0.260 e. The molecule has 0 aromatic carbocycles. The van der Waals surface area contributed by atoms with Crippen LogP contribution in [0.15, 0.2) is 17.2 Å². The van der Waals surface area contributed by atoms with Crippen molar-refractivity contribution >= 4 is 19.7 Å². The Balaban J connectivity index is 3.45. The quantitative estimate of drug-likeness (QED) is 0.746. The molecule has 0 radical (unpaired) electrons. The number of hydrogen-bond acceptors (Lipinski definition) is 3. The predicted molar refractivity (Wildman–Crippen MR) is 47.0 cm³/mol. The summed E-state index contributed by atoms with van der Waals surface area (Å²) in [5.41, 5.74) is -0.308. The molecule has 0 aliphatic heterocycles. The highest BCUT2D eigenvalue weighted by atomic mass is 35.7. The Morgan fingerprint density at radius 3 is 2.50 bits per heavy atom. The minimum atomic E-state index is -4.17. The van der Waals surface area contributed by atoms with E-state index in [1.54, 1.807) is 0 Å². The molecule has 1 aromatic rings. The summed E-state index contributed by atoms with van der Waals surface area (Å²) in [6.07, 6.45) is -2.06. The second-order valence-corrected chi connectivity index (χ2v) is 5.14. The summed E-state index contributed by atoms with van der Waals surface area (Å²) in [5, 5.41) is 0. The van der Waals surface area contributed by atoms with Gasteiger partial charge in [0.25, 0.3) is 15.5 Å². The fourth-order valence-electron chi connectivity index (χ4n) is 0.943. The molecular weight excluding hydrogens is 236 g/mol. The molecule has 0 unspecified atom stereocenters. The minimum Gasteiger partial charge on any atom is -0.260 e. The van der Waals surface area contributed by atoms with Gasteiger partial charge < -0.3 is 0 Å². The molecule has 7 heteroatoms. The number of pyridine rings is 1. The molecule has 78 valence electrons. The molecule has 1 aromatic heterocycles. The third-order valence-electron chi connectivity index (χ3n) is 1.53. The zero-order chi connectivity index (χ0) is 10.9. The zero-order valence-corrected chi connectivity index (χ0v) is 8.61. The van der Waals surface area contributed by atoms with Crippen LogP contribution in [-0.4, -0.2) is 13.4 Å². The largest absolute Gasteiger partial charge is 0.265 e. The molecular formula is C7H6ClF2NO2S. The first-order chi connectivity index (χ1) is 6.32. The molecule has 1 heterocycles. The van der Waals surface area contributed by atoms with E-state index in [-0.39, 0.29) is 0 Å². The molecule has 1 rings (SSSR count). The molecule has 0 fully saturated rings. The molecule has 0 N–H and O–H groups in total. The first-order valence-electron chi connectivity index (χ1n) is 3.51. The van der Waals surface area contributed by atoms with Crippen molar-refractivity contribution in [1.82, 2.24) is 4.98 Å². The average Bonchev–Trinajstić information content (AvgIpc) is 2.01. The van der Waals surface area contributed by atoms with Crippen molar-refractivity contribution in [3.05, 3.63) is 23.5 Å². The Labute approximate surface area is 84.1 Å². The first-order valence-corrected chi connectivity index (χ1v) is 5.82. The summed E-state index contributed by atoms with van der Waals surface area (Å²) in [6, 6.07) is 1.000. The second kappa shape index (κ2) is 3.78. The number of aryl methyl sites for hydroxylation is 1. The number of hydrogen-bond donors (Lipinski definition) is 0. The van der Waals surface area contributed by atoms with Gasteiger partial charge in [0, 0.05) is 28.1 Å². The van der Waals surface area contributed by atoms with Gasteiger partial charge in [-0.25, -0.2) is 17.2 Å². The first kappa shape index (κ1) is 11.3. The van der Waals surface area contributed by atoms with Gasteiger partial charge in [-0.1, -0.05) is 0 Å². The molecule has 0 spiro atoms. The molecule has 0 aliphatic rings. The van der Waals surface area contributed by atoms with Gasteiger partial charge >= 0.3 is 0 Å². The van der Waals surface area contributed by atoms with Crippen LogP contribution in [0.1, 0.15) is 17.7 Å². The van der Waals surface area contributed by atoms with Crippen molar-refractivity contribution in [2.75, 3.05) is 0 Å². The lowest BCUT2D eigenvalue weighted by atomic mass is 10.2. The molecule has 0 bridgehead atoms. The Morgan fingerprint density at radius 1 is 1.50 bits per heavy atom. The Bertz CT molecular complexity index is 447. The number of halogens is 3. The maximum atomic E-state index is 12.4. The molecule has 0 amide bonds. The van der Waals surface area contributed by atoms with Crippen molar-refractivity contribution in [2.45, 2.75) is 18.2 Å². The Hall–Kier alpha value is -0.750. The highest BCUT2D eigenvalue weighted by Crippen LogP contribution is 2.28. The van der Waals surface area contributed by atoms with Crippen LogP contribution in [0.4, 0.5) is 8.78 Å². The molecule has 0 atom stereocenters. The van der Waals surface area contributed by atoms with Crippen molar-refractivity contribution in [2.24, 2.45) is 0 Å². The van der Waals surface area contributed by atoms with Gasteiger partial charge in [0.05, 0.1) is 0 Å². The highest BCUT2D eigenvalue weighted by Gasteiger charge is 2.22. The van der Waals surface area contributed by atoms with Gasteiger partial charge in [0.15, 0.2) is 0 Å². The van der Waals surface area contributed by atoms with Gasteiger partial charge in [0.2, 0.25) is 0 Å². The normalized spacial score (nSPS) is 12.1. The van der Waals surface area contributed by atoms with Crippen LogP contribution < -0.4 is 0 Å². The number of nitrogens with zero attached hydrogens (tertiary/aromatic N) is 1. The van der Waals surface area contributed by atoms with E-state index >= 15 is 0 Å². The fourth-order valence-corrected chi connectivity index (χ4v) is 1.94. The van der Waals surface area contributed by atoms with E-state index in [1.165, 1.54) is 6.92 Å². The molecule has 14 heavy (non-hydrogen) atoms. The van der Waals surface area contributed by atoms with Crippen LogP contribution in [0.3, 0.4) is 0 Å². The van der Waals surface area contributed by atoms with Crippen LogP contribution in [0.25, 0.3) is 0 Å². The average molecular weight is 242 g/mol. The van der Waals surface area contributed by atoms with Crippen molar-refractivity contribution < 1.29 is 17.2 Å². The number of rotatable bonds is 2. The third kappa shape index (κ3) is 2.39. The van der Waals surface area contributed by atoms with E-state index in [1.807, 2.05) is 0 Å². The van der Waals surface area contributed by atoms with Crippen LogP contribution in [0, 0.1) is 6.92 Å². The topological polar surface area (TPSA) is 47.0 Å². The maximum absolute atomic E-state index is 12.4. The van der Waals surface area contributed by atoms with Crippen LogP contribution in [0.5, 0.6) is 0 Å². The Morgan fingerprint density at radius 2 is 2.07 bits per heavy atom. The molecule has 0 saturated heterocycles. The van der Waals surface area contributed by atoms with E-state index in [0.717, 1.165) is 12.3 Å². The summed E-state index contributed by atoms with van der Waals surface area (Å²) in [7, 11) is 0.793. The molecule has 0 aliphatic carbocycles. The van der Waals surface area contributed by atoms with E-state index < -0.39 is 25.9 Å². The standard InChI is InChI=1S/C7H6ClF2NO2S/c1-4-2-5(7(9)10)6(3-11-4)14(8,12)13/h2-3,7H,1H3. The van der Waals surface area contributed by atoms with E-state index in [2.05, 4.69) is 4.98 Å². The van der Waals surface area contributed by atoms with Crippen molar-refractivity contribution in [1.29, 1.82) is 0 Å². The summed E-state index contributed by atoms with van der Waals surface area (Å²) >= 11 is 0. The predicted octanol–water partition coefficient (Wildman–Crippen LogP) is 2.26. The van der Waals surface area contributed by atoms with E-state index in [0.29, 0.717) is 5.69 Å². The van der Waals surface area contributed by atoms with E-state index in [4.69, 9.17) is 10.7 Å². The summed E-state index contributed by atoms with van der Waals surface area (Å²) in [6.45, 7) is 1.48. The van der Waals surface area contributed by atoms with Crippen LogP contribution >= 0.6 is 10.7 Å². The molecule has 0 saturated carbocycles. The lowest BCUT2D eigenvalue weighted by Crippen LogP contribution is -2.00. The number of alkyl halides is 2. The van der Waals surface area contributed by atoms with Gasteiger partial charge in [0.1, 0.15) is 4.90 Å². The van der Waals surface area contributed by atoms with Gasteiger partial charge in [-0.05, 0) is 13.0 Å². The second-order valence-electron chi connectivity index (χ2n) is 2.60. The minimum absolute atomic E-state index is 0.310. The zero-order valence-electron chi connectivity index (χ0n) is 7.04. The highest BCUT2D eigenvalue weighted by molar-refractivity contribution is 8.13. The lowest BCUT2D eigenvalue weighted by molar-refractivity contribution is 0.147. The lowest BCUT2D eigenvalue weighted by Gasteiger charge is -2.05. The summed E-state index contributed by atoms with van der Waals surface area (Å²) in [4.78, 5) is 2.95. The Kier molecular flexibility index (Phi) is 3.06. The SMILES string of the molecule is Cc1cc(C(F)F)c(S(=O)(=O)Cl)cn1. The summed E-state index contributed by atoms with van der Waals surface area (Å²) < 4.78 is 46.5. The van der Waals surface area contributed by atoms with E-state index in [9.17, 15) is 17.2 Å². The van der Waals surface area contributed by atoms with Crippen molar-refractivity contribution in [3.8, 4) is 0 Å². The third-order valence-corrected chi connectivity index (χ3v) is 2.90. The van der Waals surface area contributed by atoms with Gasteiger partial charge in [-0.15, -0.1) is 0 Å². The summed E-state index contributed by atoms with van der Waals surface area (Å²) in [5.74, 6) is 0. The van der Waals surface area contributed by atoms with Crippen molar-refractivity contribution in [3.63, 3.8) is 0 Å². The van der Waals surface area contributed by atoms with Crippen LogP contribution in [0.2, 0.25) is 0 Å². The van der Waals surface area contributed by atoms with Gasteiger partial charge in [-0.3, -0.25) is 4.98 Å². The fraction of sp³-hybridized carbons (Fsp3) is 0.286. The maximum Gasteiger partial charge on any atom is 0.265 e. The molecule has 3 nitrogen and oxygen atoms in total. The number of aromatic nitrogens is 1.